The molecule has 0 fully saturated rings. The van der Waals surface area contributed by atoms with Crippen molar-refractivity contribution in [2.75, 3.05) is 5.43 Å². The van der Waals surface area contributed by atoms with Crippen LogP contribution in [0.4, 0.5) is 19.0 Å². The van der Waals surface area contributed by atoms with Crippen molar-refractivity contribution in [3.05, 3.63) is 22.8 Å². The standard InChI is InChI=1S/C7H5ClF3N3S2/c8-4-1-3(7(9,10)11)2-12-5(4)13-14-6(15)16/h1-2H,(H,12,13)(H2,14,15,16). The highest BCUT2D eigenvalue weighted by Crippen LogP contribution is 2.32. The number of aromatic nitrogens is 1. The summed E-state index contributed by atoms with van der Waals surface area (Å²) in [4.78, 5) is 3.50. The van der Waals surface area contributed by atoms with Crippen LogP contribution in [0, 0.1) is 0 Å². The van der Waals surface area contributed by atoms with Gasteiger partial charge in [0.1, 0.15) is 4.32 Å². The Balaban J connectivity index is 2.88. The van der Waals surface area contributed by atoms with E-state index in [0.717, 1.165) is 6.07 Å². The van der Waals surface area contributed by atoms with Gasteiger partial charge in [-0.3, -0.25) is 10.9 Å². The summed E-state index contributed by atoms with van der Waals surface area (Å²) in [5.74, 6) is 0.0334. The minimum atomic E-state index is -4.47. The molecule has 0 amide bonds. The number of hydrogen-bond donors (Lipinski definition) is 3. The zero-order valence-corrected chi connectivity index (χ0v) is 9.94. The van der Waals surface area contributed by atoms with Crippen LogP contribution in [0.5, 0.6) is 0 Å². The SMILES string of the molecule is FC(F)(F)c1cnc(NNC(=S)S)c(Cl)c1. The monoisotopic (exact) mass is 287 g/mol. The van der Waals surface area contributed by atoms with Gasteiger partial charge in [0.2, 0.25) is 0 Å². The van der Waals surface area contributed by atoms with Gasteiger partial charge in [0, 0.05) is 6.20 Å². The van der Waals surface area contributed by atoms with Crippen LogP contribution in [-0.4, -0.2) is 9.30 Å². The molecule has 0 atom stereocenters. The Kier molecular flexibility index (Phi) is 4.22. The van der Waals surface area contributed by atoms with E-state index in [-0.39, 0.29) is 15.2 Å². The number of nitrogens with one attached hydrogen (secondary N) is 2. The van der Waals surface area contributed by atoms with Gasteiger partial charge in [0.05, 0.1) is 10.6 Å². The lowest BCUT2D eigenvalue weighted by Gasteiger charge is -2.10. The molecular formula is C7H5ClF3N3S2. The van der Waals surface area contributed by atoms with Gasteiger partial charge in [-0.05, 0) is 6.07 Å². The minimum absolute atomic E-state index is 0.0334. The van der Waals surface area contributed by atoms with E-state index in [2.05, 4.69) is 40.7 Å². The van der Waals surface area contributed by atoms with Crippen molar-refractivity contribution >= 4 is 46.6 Å². The van der Waals surface area contributed by atoms with Crippen molar-refractivity contribution in [1.82, 2.24) is 10.4 Å². The van der Waals surface area contributed by atoms with Crippen LogP contribution in [0.1, 0.15) is 5.56 Å². The molecule has 88 valence electrons. The Morgan fingerprint density at radius 2 is 2.12 bits per heavy atom. The van der Waals surface area contributed by atoms with Crippen LogP contribution in [0.2, 0.25) is 5.02 Å². The maximum absolute atomic E-state index is 12.2. The maximum atomic E-state index is 12.2. The Morgan fingerprint density at radius 3 is 2.56 bits per heavy atom. The highest BCUT2D eigenvalue weighted by Gasteiger charge is 2.31. The Morgan fingerprint density at radius 1 is 1.50 bits per heavy atom. The summed E-state index contributed by atoms with van der Waals surface area (Å²) in [6, 6.07) is 0.764. The van der Waals surface area contributed by atoms with Gasteiger partial charge in [-0.2, -0.15) is 13.2 Å². The number of thiol groups is 1. The van der Waals surface area contributed by atoms with Crippen LogP contribution in [-0.2, 0) is 6.18 Å². The molecule has 1 rings (SSSR count). The fourth-order valence-electron chi connectivity index (χ4n) is 0.798. The van der Waals surface area contributed by atoms with E-state index in [9.17, 15) is 13.2 Å². The van der Waals surface area contributed by atoms with E-state index in [4.69, 9.17) is 11.6 Å². The molecule has 0 aliphatic rings. The Labute approximate surface area is 105 Å². The predicted molar refractivity (Wildman–Crippen MR) is 62.6 cm³/mol. The molecule has 0 bridgehead atoms. The number of alkyl halides is 3. The molecule has 1 aromatic rings. The number of pyridine rings is 1. The first-order valence-corrected chi connectivity index (χ1v) is 5.01. The van der Waals surface area contributed by atoms with Gasteiger partial charge >= 0.3 is 6.18 Å². The van der Waals surface area contributed by atoms with E-state index >= 15 is 0 Å². The maximum Gasteiger partial charge on any atom is 0.417 e. The third-order valence-electron chi connectivity index (χ3n) is 1.46. The fraction of sp³-hybridized carbons (Fsp3) is 0.143. The molecule has 16 heavy (non-hydrogen) atoms. The first-order chi connectivity index (χ1) is 7.30. The van der Waals surface area contributed by atoms with Crippen LogP contribution in [0.15, 0.2) is 12.3 Å². The topological polar surface area (TPSA) is 37.0 Å². The second kappa shape index (κ2) is 5.07. The normalized spacial score (nSPS) is 11.1. The number of halogens is 4. The van der Waals surface area contributed by atoms with Crippen LogP contribution in [0.25, 0.3) is 0 Å². The largest absolute Gasteiger partial charge is 0.417 e. The van der Waals surface area contributed by atoms with E-state index in [1.165, 1.54) is 0 Å². The third kappa shape index (κ3) is 3.69. The first kappa shape index (κ1) is 13.3. The summed E-state index contributed by atoms with van der Waals surface area (Å²) in [7, 11) is 0. The third-order valence-corrected chi connectivity index (χ3v) is 1.96. The van der Waals surface area contributed by atoms with Gasteiger partial charge < -0.3 is 0 Å². The number of hydrazine groups is 1. The zero-order chi connectivity index (χ0) is 12.3. The summed E-state index contributed by atoms with van der Waals surface area (Å²) in [6.07, 6.45) is -3.81. The van der Waals surface area contributed by atoms with Crippen molar-refractivity contribution in [1.29, 1.82) is 0 Å². The second-order valence-corrected chi connectivity index (χ2v) is 4.17. The number of hydrogen-bond acceptors (Lipinski definition) is 3. The van der Waals surface area contributed by atoms with Crippen molar-refractivity contribution in [2.24, 2.45) is 0 Å². The number of nitrogens with zero attached hydrogens (tertiary/aromatic N) is 1. The molecule has 1 heterocycles. The van der Waals surface area contributed by atoms with Crippen molar-refractivity contribution in [3.63, 3.8) is 0 Å². The molecule has 0 radical (unpaired) electrons. The Bertz CT molecular complexity index is 410. The highest BCUT2D eigenvalue weighted by atomic mass is 35.5. The lowest BCUT2D eigenvalue weighted by molar-refractivity contribution is -0.137. The molecule has 9 heteroatoms. The highest BCUT2D eigenvalue weighted by molar-refractivity contribution is 8.11. The van der Waals surface area contributed by atoms with Crippen LogP contribution in [0.3, 0.4) is 0 Å². The van der Waals surface area contributed by atoms with Crippen LogP contribution < -0.4 is 10.9 Å². The van der Waals surface area contributed by atoms with Gasteiger partial charge in [-0.25, -0.2) is 4.98 Å². The molecule has 0 aliphatic carbocycles. The second-order valence-electron chi connectivity index (χ2n) is 2.61. The summed E-state index contributed by atoms with van der Waals surface area (Å²) >= 11 is 13.9. The minimum Gasteiger partial charge on any atom is -0.284 e. The molecular weight excluding hydrogens is 283 g/mol. The molecule has 0 spiro atoms. The van der Waals surface area contributed by atoms with E-state index in [1.807, 2.05) is 0 Å². The molecule has 0 unspecified atom stereocenters. The lowest BCUT2D eigenvalue weighted by atomic mass is 10.3. The molecule has 3 nitrogen and oxygen atoms in total. The first-order valence-electron chi connectivity index (χ1n) is 3.78. The molecule has 0 aliphatic heterocycles. The van der Waals surface area contributed by atoms with Gasteiger partial charge in [-0.1, -0.05) is 23.8 Å². The summed E-state index contributed by atoms with van der Waals surface area (Å²) in [5.41, 5.74) is 3.87. The smallest absolute Gasteiger partial charge is 0.284 e. The molecule has 2 N–H and O–H groups in total. The lowest BCUT2D eigenvalue weighted by Crippen LogP contribution is -2.24. The number of rotatable bonds is 2. The predicted octanol–water partition coefficient (Wildman–Crippen LogP) is 2.88. The quantitative estimate of drug-likeness (QED) is 0.444. The average molecular weight is 288 g/mol. The summed E-state index contributed by atoms with van der Waals surface area (Å²) in [6.45, 7) is 0. The number of thiocarbonyl (C=S) groups is 1. The summed E-state index contributed by atoms with van der Waals surface area (Å²) in [5, 5.41) is -0.174. The van der Waals surface area contributed by atoms with Crippen molar-refractivity contribution in [2.45, 2.75) is 6.18 Å². The van der Waals surface area contributed by atoms with Gasteiger partial charge in [0.15, 0.2) is 5.82 Å². The van der Waals surface area contributed by atoms with Crippen LogP contribution >= 0.6 is 36.4 Å². The molecule has 1 aromatic heterocycles. The van der Waals surface area contributed by atoms with Gasteiger partial charge in [-0.15, -0.1) is 12.6 Å². The average Bonchev–Trinajstić information content (AvgIpc) is 2.14. The van der Waals surface area contributed by atoms with Gasteiger partial charge in [0.25, 0.3) is 0 Å². The fourth-order valence-corrected chi connectivity index (χ4v) is 1.12. The van der Waals surface area contributed by atoms with Crippen molar-refractivity contribution in [3.8, 4) is 0 Å². The molecule has 0 saturated heterocycles. The summed E-state index contributed by atoms with van der Waals surface area (Å²) < 4.78 is 36.8. The van der Waals surface area contributed by atoms with E-state index in [0.29, 0.717) is 6.20 Å². The van der Waals surface area contributed by atoms with E-state index < -0.39 is 11.7 Å². The molecule has 0 saturated carbocycles. The van der Waals surface area contributed by atoms with Crippen molar-refractivity contribution < 1.29 is 13.2 Å². The number of anilines is 1. The Hall–Kier alpha value is -0.730. The zero-order valence-electron chi connectivity index (χ0n) is 7.47. The molecule has 0 aromatic carbocycles. The van der Waals surface area contributed by atoms with E-state index in [1.54, 1.807) is 0 Å².